The molecule has 17 nitrogen and oxygen atoms in total. The average molecular weight is 935 g/mol. The van der Waals surface area contributed by atoms with E-state index in [0.29, 0.717) is 60.1 Å². The van der Waals surface area contributed by atoms with Crippen molar-refractivity contribution in [1.82, 2.24) is 40.3 Å². The predicted octanol–water partition coefficient (Wildman–Crippen LogP) is 4.81. The predicted molar refractivity (Wildman–Crippen MR) is 252 cm³/mol. The van der Waals surface area contributed by atoms with E-state index in [-0.39, 0.29) is 48.2 Å². The number of rotatable bonds is 14. The first-order chi connectivity index (χ1) is 31.8. The van der Waals surface area contributed by atoms with Crippen LogP contribution in [0.1, 0.15) is 80.4 Å². The maximum Gasteiger partial charge on any atom is 0.262 e. The Bertz CT molecular complexity index is 2600. The number of imide groups is 2. The van der Waals surface area contributed by atoms with Crippen molar-refractivity contribution < 1.29 is 28.8 Å². The minimum Gasteiger partial charge on any atom is -0.368 e. The number of hydrogen-bond acceptors (Lipinski definition) is 14. The molecule has 19 heteroatoms. The summed E-state index contributed by atoms with van der Waals surface area (Å²) >= 11 is 7.73. The summed E-state index contributed by atoms with van der Waals surface area (Å²) in [5.41, 5.74) is 2.90. The van der Waals surface area contributed by atoms with Crippen LogP contribution < -0.4 is 25.8 Å². The largest absolute Gasteiger partial charge is 0.368 e. The van der Waals surface area contributed by atoms with E-state index in [4.69, 9.17) is 16.6 Å². The minimum absolute atomic E-state index is 0.0434. The van der Waals surface area contributed by atoms with E-state index in [1.54, 1.807) is 30.5 Å². The number of benzene rings is 2. The van der Waals surface area contributed by atoms with Gasteiger partial charge in [0.2, 0.25) is 17.7 Å². The SMILES string of the molecule is CC/C=C\C=C(\Cl)C(C)NC(=O)Cc1cnc(Nc2cc(N3CCN(Cc4cccc(C(=O)N5CCN(c6ccc7c(c6)C(=O)N(C6CCC(=O)NC6=O)C7=O)CC5)c4)CC3)nc(C)n2)s1. The third-order valence-electron chi connectivity index (χ3n) is 12.0. The summed E-state index contributed by atoms with van der Waals surface area (Å²) in [5, 5.41) is 9.64. The molecular formula is C47H52ClN11O6S. The Kier molecular flexibility index (Phi) is 14.2. The average Bonchev–Trinajstić information content (AvgIpc) is 3.85. The molecule has 8 rings (SSSR count). The van der Waals surface area contributed by atoms with Gasteiger partial charge in [0.05, 0.1) is 23.6 Å². The fraction of sp³-hybridized carbons (Fsp3) is 0.383. The zero-order valence-corrected chi connectivity index (χ0v) is 38.7. The Morgan fingerprint density at radius 1 is 0.939 bits per heavy atom. The number of carbonyl (C=O) groups is 6. The molecule has 0 bridgehead atoms. The highest BCUT2D eigenvalue weighted by Crippen LogP contribution is 2.32. The van der Waals surface area contributed by atoms with Crippen LogP contribution in [0.15, 0.2) is 78.0 Å². The van der Waals surface area contributed by atoms with Crippen LogP contribution in [0, 0.1) is 6.92 Å². The van der Waals surface area contributed by atoms with Gasteiger partial charge >= 0.3 is 0 Å². The molecule has 0 radical (unpaired) electrons. The number of nitrogens with one attached hydrogen (secondary N) is 3. The number of hydrogen-bond donors (Lipinski definition) is 3. The van der Waals surface area contributed by atoms with Crippen LogP contribution >= 0.6 is 22.9 Å². The lowest BCUT2D eigenvalue weighted by Gasteiger charge is -2.36. The molecule has 2 unspecified atom stereocenters. The first-order valence-corrected chi connectivity index (χ1v) is 23.4. The molecule has 6 heterocycles. The number of fused-ring (bicyclic) bond motifs is 1. The summed E-state index contributed by atoms with van der Waals surface area (Å²) < 4.78 is 0. The van der Waals surface area contributed by atoms with Crippen LogP contribution in [0.3, 0.4) is 0 Å². The fourth-order valence-electron chi connectivity index (χ4n) is 8.50. The molecule has 3 N–H and O–H groups in total. The zero-order valence-electron chi connectivity index (χ0n) is 37.1. The number of aromatic nitrogens is 3. The Morgan fingerprint density at radius 2 is 1.70 bits per heavy atom. The van der Waals surface area contributed by atoms with E-state index in [1.165, 1.54) is 11.3 Å². The van der Waals surface area contributed by atoms with E-state index in [1.807, 2.05) is 68.2 Å². The molecule has 0 spiro atoms. The molecule has 4 aliphatic rings. The fourth-order valence-corrected chi connectivity index (χ4v) is 9.44. The molecule has 3 saturated heterocycles. The first-order valence-electron chi connectivity index (χ1n) is 22.2. The van der Waals surface area contributed by atoms with Crippen LogP contribution in [-0.2, 0) is 27.3 Å². The van der Waals surface area contributed by atoms with Crippen molar-refractivity contribution >= 4 is 80.8 Å². The molecule has 0 saturated carbocycles. The summed E-state index contributed by atoms with van der Waals surface area (Å²) in [7, 11) is 0. The number of allylic oxidation sites excluding steroid dienone is 3. The van der Waals surface area contributed by atoms with Crippen molar-refractivity contribution in [1.29, 1.82) is 0 Å². The van der Waals surface area contributed by atoms with Crippen LogP contribution in [0.25, 0.3) is 0 Å². The molecule has 3 fully saturated rings. The number of anilines is 4. The van der Waals surface area contributed by atoms with Crippen molar-refractivity contribution in [2.45, 2.75) is 65.1 Å². The molecule has 66 heavy (non-hydrogen) atoms. The number of carbonyl (C=O) groups excluding carboxylic acids is 6. The Hall–Kier alpha value is -6.50. The Balaban J connectivity index is 0.803. The number of piperidine rings is 1. The van der Waals surface area contributed by atoms with Gasteiger partial charge in [0, 0.05) is 98.7 Å². The maximum absolute atomic E-state index is 13.8. The van der Waals surface area contributed by atoms with Crippen LogP contribution in [-0.4, -0.2) is 130 Å². The lowest BCUT2D eigenvalue weighted by Crippen LogP contribution is -2.54. The second kappa shape index (κ2) is 20.3. The zero-order chi connectivity index (χ0) is 46.5. The highest BCUT2D eigenvalue weighted by molar-refractivity contribution is 7.15. The number of aryl methyl sites for hydroxylation is 1. The quantitative estimate of drug-likeness (QED) is 0.115. The molecule has 0 aliphatic carbocycles. The summed E-state index contributed by atoms with van der Waals surface area (Å²) in [5.74, 6) is -0.269. The lowest BCUT2D eigenvalue weighted by atomic mass is 10.0. The van der Waals surface area contributed by atoms with Gasteiger partial charge in [-0.2, -0.15) is 0 Å². The summed E-state index contributed by atoms with van der Waals surface area (Å²) in [6.45, 7) is 11.6. The molecule has 4 aliphatic heterocycles. The highest BCUT2D eigenvalue weighted by Gasteiger charge is 2.45. The van der Waals surface area contributed by atoms with Crippen LogP contribution in [0.2, 0.25) is 0 Å². The van der Waals surface area contributed by atoms with Gasteiger partial charge in [0.1, 0.15) is 23.5 Å². The normalized spacial score (nSPS) is 18.8. The van der Waals surface area contributed by atoms with Crippen molar-refractivity contribution in [3.63, 3.8) is 0 Å². The number of halogens is 1. The van der Waals surface area contributed by atoms with Gasteiger partial charge in [0.15, 0.2) is 5.13 Å². The van der Waals surface area contributed by atoms with Gasteiger partial charge in [0.25, 0.3) is 17.7 Å². The smallest absolute Gasteiger partial charge is 0.262 e. The van der Waals surface area contributed by atoms with Crippen molar-refractivity contribution in [2.24, 2.45) is 0 Å². The molecule has 2 atom stereocenters. The standard InChI is InChI=1S/C47H52ClN11O6S/c1-4-5-6-10-37(48)29(2)50-42(61)25-34-27-49-47(66-34)53-39-26-40(52-30(3)51-39)57-17-15-55(16-18-57)28-31-8-7-9-32(23-31)44(63)58-21-19-56(20-22-58)33-11-12-35-36(24-33)46(65)59(45(35)64)38-13-14-41(60)54-43(38)62/h5-12,23-24,26-27,29,38H,4,13-22,25,28H2,1-3H3,(H,50,61)(H,54,60,62)(H,49,51,52,53)/b6-5-,37-10+. The lowest BCUT2D eigenvalue weighted by molar-refractivity contribution is -0.136. The second-order valence-corrected chi connectivity index (χ2v) is 18.2. The van der Waals surface area contributed by atoms with Gasteiger partial charge in [-0.15, -0.1) is 11.3 Å². The molecule has 4 aromatic rings. The number of amides is 6. The van der Waals surface area contributed by atoms with Gasteiger partial charge < -0.3 is 25.3 Å². The molecule has 2 aromatic carbocycles. The Morgan fingerprint density at radius 3 is 2.45 bits per heavy atom. The van der Waals surface area contributed by atoms with Crippen molar-refractivity contribution in [2.75, 3.05) is 67.5 Å². The topological polar surface area (TPSA) is 193 Å². The van der Waals surface area contributed by atoms with E-state index < -0.39 is 29.7 Å². The highest BCUT2D eigenvalue weighted by atomic mass is 35.5. The molecule has 2 aromatic heterocycles. The van der Waals surface area contributed by atoms with Crippen molar-refractivity contribution in [3.8, 4) is 0 Å². The van der Waals surface area contributed by atoms with Gasteiger partial charge in [-0.05, 0) is 68.7 Å². The maximum atomic E-state index is 13.8. The van der Waals surface area contributed by atoms with Gasteiger partial charge in [-0.1, -0.05) is 42.8 Å². The van der Waals surface area contributed by atoms with Crippen LogP contribution in [0.4, 0.5) is 22.5 Å². The molecule has 344 valence electrons. The van der Waals surface area contributed by atoms with E-state index in [0.717, 1.165) is 59.4 Å². The van der Waals surface area contributed by atoms with Crippen molar-refractivity contribution in [3.05, 3.63) is 111 Å². The summed E-state index contributed by atoms with van der Waals surface area (Å²) in [6.07, 6.45) is 8.61. The number of piperazine rings is 2. The Labute approximate surface area is 391 Å². The monoisotopic (exact) mass is 933 g/mol. The third kappa shape index (κ3) is 10.6. The minimum atomic E-state index is -1.02. The number of nitrogens with zero attached hydrogens (tertiary/aromatic N) is 8. The van der Waals surface area contributed by atoms with Gasteiger partial charge in [-0.3, -0.25) is 43.9 Å². The van der Waals surface area contributed by atoms with Crippen LogP contribution in [0.5, 0.6) is 0 Å². The third-order valence-corrected chi connectivity index (χ3v) is 13.4. The van der Waals surface area contributed by atoms with Gasteiger partial charge in [-0.25, -0.2) is 15.0 Å². The number of thiazole rings is 1. The second-order valence-electron chi connectivity index (χ2n) is 16.7. The van der Waals surface area contributed by atoms with E-state index in [2.05, 4.69) is 40.6 Å². The van der Waals surface area contributed by atoms with E-state index >= 15 is 0 Å². The summed E-state index contributed by atoms with van der Waals surface area (Å²) in [4.78, 5) is 101. The summed E-state index contributed by atoms with van der Waals surface area (Å²) in [6, 6.07) is 13.5. The first kappa shape index (κ1) is 46.0. The van der Waals surface area contributed by atoms with E-state index in [9.17, 15) is 28.8 Å². The molecule has 6 amide bonds. The molecular weight excluding hydrogens is 882 g/mol.